The van der Waals surface area contributed by atoms with Crippen LogP contribution in [0.3, 0.4) is 0 Å². The Morgan fingerprint density at radius 3 is 2.68 bits per heavy atom. The maximum Gasteiger partial charge on any atom is 0.319 e. The van der Waals surface area contributed by atoms with Gasteiger partial charge >= 0.3 is 6.03 Å². The standard InChI is InChI=1S/C15H18BrN3O3/c1-8-12(14(20)19(2)3)13(18-15(21)17-8)10-7-9(16)5-6-11(10)22-4/h5-7,12-13H,1H2,2-4H3,(H2,17,18,21)/t12-,13-/m0/s1. The van der Waals surface area contributed by atoms with Gasteiger partial charge in [0.05, 0.1) is 13.2 Å². The minimum Gasteiger partial charge on any atom is -0.496 e. The second kappa shape index (κ2) is 6.39. The Balaban J connectivity index is 2.52. The number of nitrogens with zero attached hydrogens (tertiary/aromatic N) is 1. The SMILES string of the molecule is C=C1NC(=O)N[C@@H](c2cc(Br)ccc2OC)[C@H]1C(=O)N(C)C. The quantitative estimate of drug-likeness (QED) is 0.858. The fourth-order valence-corrected chi connectivity index (χ4v) is 2.84. The lowest BCUT2D eigenvalue weighted by molar-refractivity contribution is -0.132. The summed E-state index contributed by atoms with van der Waals surface area (Å²) in [6, 6.07) is 4.51. The first-order valence-corrected chi connectivity index (χ1v) is 7.45. The molecule has 0 aromatic heterocycles. The fraction of sp³-hybridized carbons (Fsp3) is 0.333. The molecule has 7 heteroatoms. The third-order valence-corrected chi connectivity index (χ3v) is 4.00. The molecule has 22 heavy (non-hydrogen) atoms. The van der Waals surface area contributed by atoms with E-state index in [1.54, 1.807) is 27.3 Å². The molecule has 6 nitrogen and oxygen atoms in total. The lowest BCUT2D eigenvalue weighted by atomic mass is 9.87. The summed E-state index contributed by atoms with van der Waals surface area (Å²) in [7, 11) is 4.88. The average Bonchev–Trinajstić information content (AvgIpc) is 2.45. The van der Waals surface area contributed by atoms with E-state index in [4.69, 9.17) is 4.74 Å². The molecule has 1 saturated heterocycles. The van der Waals surface area contributed by atoms with E-state index in [1.807, 2.05) is 12.1 Å². The lowest BCUT2D eigenvalue weighted by Crippen LogP contribution is -2.52. The van der Waals surface area contributed by atoms with Gasteiger partial charge < -0.3 is 20.3 Å². The van der Waals surface area contributed by atoms with Crippen molar-refractivity contribution in [3.05, 3.63) is 40.5 Å². The van der Waals surface area contributed by atoms with Crippen LogP contribution >= 0.6 is 15.9 Å². The van der Waals surface area contributed by atoms with Crippen LogP contribution in [0.25, 0.3) is 0 Å². The summed E-state index contributed by atoms with van der Waals surface area (Å²) in [5.74, 6) is -0.166. The fourth-order valence-electron chi connectivity index (χ4n) is 2.46. The molecule has 1 aliphatic heterocycles. The largest absolute Gasteiger partial charge is 0.496 e. The van der Waals surface area contributed by atoms with E-state index in [0.29, 0.717) is 17.0 Å². The van der Waals surface area contributed by atoms with Crippen LogP contribution in [0.2, 0.25) is 0 Å². The summed E-state index contributed by atoms with van der Waals surface area (Å²) in [6.07, 6.45) is 0. The second-order valence-electron chi connectivity index (χ2n) is 5.20. The zero-order valence-corrected chi connectivity index (χ0v) is 14.2. The Kier molecular flexibility index (Phi) is 4.75. The molecule has 3 amide bonds. The van der Waals surface area contributed by atoms with Crippen LogP contribution in [0.4, 0.5) is 4.79 Å². The normalized spacial score (nSPS) is 20.9. The van der Waals surface area contributed by atoms with E-state index in [2.05, 4.69) is 33.1 Å². The number of carbonyl (C=O) groups is 2. The van der Waals surface area contributed by atoms with Gasteiger partial charge in [-0.1, -0.05) is 22.5 Å². The van der Waals surface area contributed by atoms with Crippen molar-refractivity contribution in [2.24, 2.45) is 5.92 Å². The van der Waals surface area contributed by atoms with Crippen molar-refractivity contribution in [2.45, 2.75) is 6.04 Å². The molecule has 0 bridgehead atoms. The molecule has 2 rings (SSSR count). The number of carbonyl (C=O) groups excluding carboxylic acids is 2. The van der Waals surface area contributed by atoms with E-state index in [-0.39, 0.29) is 11.9 Å². The van der Waals surface area contributed by atoms with Crippen LogP contribution in [0.15, 0.2) is 34.9 Å². The average molecular weight is 368 g/mol. The Morgan fingerprint density at radius 1 is 1.41 bits per heavy atom. The van der Waals surface area contributed by atoms with Gasteiger partial charge in [-0.15, -0.1) is 0 Å². The highest BCUT2D eigenvalue weighted by Crippen LogP contribution is 2.36. The van der Waals surface area contributed by atoms with E-state index in [9.17, 15) is 9.59 Å². The minimum atomic E-state index is -0.615. The Bertz CT molecular complexity index is 630. The van der Waals surface area contributed by atoms with Gasteiger partial charge in [0.25, 0.3) is 0 Å². The van der Waals surface area contributed by atoms with Crippen LogP contribution in [0, 0.1) is 5.92 Å². The van der Waals surface area contributed by atoms with Gasteiger partial charge in [0.15, 0.2) is 0 Å². The highest BCUT2D eigenvalue weighted by atomic mass is 79.9. The van der Waals surface area contributed by atoms with Crippen molar-refractivity contribution in [2.75, 3.05) is 21.2 Å². The van der Waals surface area contributed by atoms with Crippen molar-refractivity contribution in [3.8, 4) is 5.75 Å². The van der Waals surface area contributed by atoms with Crippen LogP contribution < -0.4 is 15.4 Å². The number of rotatable bonds is 3. The van der Waals surface area contributed by atoms with Gasteiger partial charge in [-0.3, -0.25) is 4.79 Å². The van der Waals surface area contributed by atoms with Gasteiger partial charge in [0.1, 0.15) is 11.7 Å². The molecule has 1 aliphatic rings. The van der Waals surface area contributed by atoms with Crippen LogP contribution in [0.5, 0.6) is 5.75 Å². The number of amides is 3. The van der Waals surface area contributed by atoms with Crippen LogP contribution in [0.1, 0.15) is 11.6 Å². The van der Waals surface area contributed by atoms with Crippen LogP contribution in [-0.2, 0) is 4.79 Å². The van der Waals surface area contributed by atoms with Gasteiger partial charge in [0, 0.05) is 29.8 Å². The van der Waals surface area contributed by atoms with Crippen molar-refractivity contribution < 1.29 is 14.3 Å². The number of urea groups is 1. The molecule has 2 atom stereocenters. The van der Waals surface area contributed by atoms with Gasteiger partial charge in [-0.25, -0.2) is 4.79 Å². The summed E-state index contributed by atoms with van der Waals surface area (Å²) in [6.45, 7) is 3.83. The van der Waals surface area contributed by atoms with Crippen LogP contribution in [-0.4, -0.2) is 38.0 Å². The Labute approximate surface area is 137 Å². The second-order valence-corrected chi connectivity index (χ2v) is 6.11. The number of hydrogen-bond donors (Lipinski definition) is 2. The monoisotopic (exact) mass is 367 g/mol. The maximum atomic E-state index is 12.5. The number of benzene rings is 1. The minimum absolute atomic E-state index is 0.149. The highest BCUT2D eigenvalue weighted by Gasteiger charge is 2.39. The predicted molar refractivity (Wildman–Crippen MR) is 86.4 cm³/mol. The van der Waals surface area contributed by atoms with Gasteiger partial charge in [0.2, 0.25) is 5.91 Å². The zero-order valence-electron chi connectivity index (χ0n) is 12.6. The van der Waals surface area contributed by atoms with Crippen molar-refractivity contribution in [1.82, 2.24) is 15.5 Å². The smallest absolute Gasteiger partial charge is 0.319 e. The van der Waals surface area contributed by atoms with Gasteiger partial charge in [-0.2, -0.15) is 0 Å². The molecule has 2 N–H and O–H groups in total. The molecule has 1 aromatic carbocycles. The number of halogens is 1. The summed E-state index contributed by atoms with van der Waals surface area (Å²) in [4.78, 5) is 25.8. The molecular weight excluding hydrogens is 350 g/mol. The molecular formula is C15H18BrN3O3. The molecule has 1 heterocycles. The van der Waals surface area contributed by atoms with E-state index >= 15 is 0 Å². The van der Waals surface area contributed by atoms with Crippen molar-refractivity contribution >= 4 is 27.9 Å². The molecule has 1 aromatic rings. The predicted octanol–water partition coefficient (Wildman–Crippen LogP) is 2.03. The highest BCUT2D eigenvalue weighted by molar-refractivity contribution is 9.10. The first-order valence-electron chi connectivity index (χ1n) is 6.66. The molecule has 0 saturated carbocycles. The van der Waals surface area contributed by atoms with E-state index in [0.717, 1.165) is 4.47 Å². The molecule has 1 fully saturated rings. The topological polar surface area (TPSA) is 70.7 Å². The lowest BCUT2D eigenvalue weighted by Gasteiger charge is -2.35. The summed E-state index contributed by atoms with van der Waals surface area (Å²) in [5.41, 5.74) is 1.09. The third kappa shape index (κ3) is 3.09. The summed E-state index contributed by atoms with van der Waals surface area (Å²) < 4.78 is 6.20. The number of ether oxygens (including phenoxy) is 1. The number of hydrogen-bond acceptors (Lipinski definition) is 3. The molecule has 0 aliphatic carbocycles. The Hall–Kier alpha value is -2.02. The third-order valence-electron chi connectivity index (χ3n) is 3.50. The number of methoxy groups -OCH3 is 1. The first-order chi connectivity index (χ1) is 10.3. The Morgan fingerprint density at radius 2 is 2.09 bits per heavy atom. The zero-order chi connectivity index (χ0) is 16.4. The number of nitrogens with one attached hydrogen (secondary N) is 2. The molecule has 118 valence electrons. The molecule has 0 unspecified atom stereocenters. The van der Waals surface area contributed by atoms with Crippen molar-refractivity contribution in [3.63, 3.8) is 0 Å². The van der Waals surface area contributed by atoms with E-state index < -0.39 is 12.0 Å². The summed E-state index contributed by atoms with van der Waals surface area (Å²) in [5, 5.41) is 5.36. The molecule has 0 radical (unpaired) electrons. The maximum absolute atomic E-state index is 12.5. The van der Waals surface area contributed by atoms with E-state index in [1.165, 1.54) is 4.90 Å². The van der Waals surface area contributed by atoms with Gasteiger partial charge in [-0.05, 0) is 18.2 Å². The summed E-state index contributed by atoms with van der Waals surface area (Å²) >= 11 is 3.41. The van der Waals surface area contributed by atoms with Crippen molar-refractivity contribution in [1.29, 1.82) is 0 Å². The molecule has 0 spiro atoms. The first kappa shape index (κ1) is 16.4.